The van der Waals surface area contributed by atoms with Gasteiger partial charge in [0.2, 0.25) is 5.91 Å². The maximum Gasteiger partial charge on any atom is 0.238 e. The highest BCUT2D eigenvalue weighted by atomic mass is 79.9. The number of para-hydroxylation sites is 1. The van der Waals surface area contributed by atoms with Crippen molar-refractivity contribution in [3.8, 4) is 0 Å². The Balaban J connectivity index is 1.68. The average molecular weight is 590 g/mol. The molecule has 0 bridgehead atoms. The van der Waals surface area contributed by atoms with Crippen LogP contribution in [0.3, 0.4) is 0 Å². The molecule has 38 heavy (non-hydrogen) atoms. The van der Waals surface area contributed by atoms with Crippen molar-refractivity contribution in [2.75, 3.05) is 10.2 Å². The van der Waals surface area contributed by atoms with Crippen molar-refractivity contribution in [3.63, 3.8) is 0 Å². The highest BCUT2D eigenvalue weighted by Gasteiger charge is 2.70. The second kappa shape index (κ2) is 8.65. The summed E-state index contributed by atoms with van der Waals surface area (Å²) >= 11 is 9.78. The van der Waals surface area contributed by atoms with E-state index >= 15 is 0 Å². The number of nitrogens with one attached hydrogen (secondary N) is 1. The van der Waals surface area contributed by atoms with Gasteiger partial charge in [0.25, 0.3) is 0 Å². The molecule has 0 aliphatic carbocycles. The van der Waals surface area contributed by atoms with Crippen LogP contribution in [0.4, 0.5) is 11.4 Å². The van der Waals surface area contributed by atoms with E-state index < -0.39 is 28.8 Å². The van der Waals surface area contributed by atoms with Gasteiger partial charge in [0.05, 0.1) is 12.0 Å². The van der Waals surface area contributed by atoms with Crippen LogP contribution in [-0.2, 0) is 15.0 Å². The maximum absolute atomic E-state index is 14.6. The van der Waals surface area contributed by atoms with Crippen LogP contribution in [0.5, 0.6) is 0 Å². The molecule has 1 fully saturated rings. The number of carbonyl (C=O) groups excluding carboxylic acids is 3. The van der Waals surface area contributed by atoms with Crippen LogP contribution in [0, 0.1) is 11.3 Å². The number of fused-ring (bicyclic) bond motifs is 6. The zero-order chi connectivity index (χ0) is 27.0. The number of halogens is 2. The summed E-state index contributed by atoms with van der Waals surface area (Å²) in [6.07, 6.45) is 3.90. The Morgan fingerprint density at radius 2 is 1.74 bits per heavy atom. The summed E-state index contributed by atoms with van der Waals surface area (Å²) in [6, 6.07) is 18.7. The van der Waals surface area contributed by atoms with Crippen LogP contribution >= 0.6 is 27.5 Å². The molecule has 0 saturated carbocycles. The smallest absolute Gasteiger partial charge is 0.238 e. The molecule has 3 aliphatic rings. The lowest BCUT2D eigenvalue weighted by Crippen LogP contribution is -2.51. The minimum Gasteiger partial charge on any atom is -0.352 e. The summed E-state index contributed by atoms with van der Waals surface area (Å²) in [4.78, 5) is 45.2. The Labute approximate surface area is 235 Å². The third-order valence-electron chi connectivity index (χ3n) is 8.01. The summed E-state index contributed by atoms with van der Waals surface area (Å²) in [5.74, 6) is -1.56. The van der Waals surface area contributed by atoms with Crippen LogP contribution in [0.25, 0.3) is 6.08 Å². The van der Waals surface area contributed by atoms with Gasteiger partial charge in [-0.05, 0) is 47.5 Å². The van der Waals surface area contributed by atoms with Gasteiger partial charge in [0.15, 0.2) is 11.6 Å². The molecule has 1 spiro atoms. The van der Waals surface area contributed by atoms with Crippen LogP contribution in [0.1, 0.15) is 42.3 Å². The van der Waals surface area contributed by atoms with Crippen LogP contribution in [0.15, 0.2) is 77.3 Å². The second-order valence-corrected chi connectivity index (χ2v) is 12.5. The first-order valence-electron chi connectivity index (χ1n) is 12.6. The molecule has 4 unspecified atom stereocenters. The van der Waals surface area contributed by atoms with Crippen molar-refractivity contribution in [2.24, 2.45) is 11.3 Å². The van der Waals surface area contributed by atoms with Gasteiger partial charge in [0.1, 0.15) is 11.5 Å². The van der Waals surface area contributed by atoms with Crippen LogP contribution in [0.2, 0.25) is 5.02 Å². The summed E-state index contributed by atoms with van der Waals surface area (Å²) in [6.45, 7) is 5.59. The lowest BCUT2D eigenvalue weighted by Gasteiger charge is -2.38. The third kappa shape index (κ3) is 3.46. The number of carbonyl (C=O) groups is 3. The van der Waals surface area contributed by atoms with E-state index in [1.165, 1.54) is 0 Å². The predicted molar refractivity (Wildman–Crippen MR) is 154 cm³/mol. The summed E-state index contributed by atoms with van der Waals surface area (Å²) in [5.41, 5.74) is 1.43. The fourth-order valence-electron chi connectivity index (χ4n) is 6.39. The molecule has 3 aromatic rings. The van der Waals surface area contributed by atoms with Crippen molar-refractivity contribution in [2.45, 2.75) is 38.3 Å². The van der Waals surface area contributed by atoms with E-state index in [4.69, 9.17) is 11.6 Å². The Hall–Kier alpha value is -3.22. The molecule has 1 N–H and O–H groups in total. The van der Waals surface area contributed by atoms with Crippen LogP contribution < -0.4 is 10.2 Å². The van der Waals surface area contributed by atoms with Gasteiger partial charge in [-0.15, -0.1) is 0 Å². The molecule has 4 atom stereocenters. The number of amides is 1. The number of Topliss-reactive ketones (excluding diaryl/α,β-unsaturated/α-hetero) is 2. The van der Waals surface area contributed by atoms with E-state index in [9.17, 15) is 14.4 Å². The van der Waals surface area contributed by atoms with Crippen molar-refractivity contribution < 1.29 is 14.4 Å². The maximum atomic E-state index is 14.6. The van der Waals surface area contributed by atoms with Gasteiger partial charge in [0, 0.05) is 31.8 Å². The van der Waals surface area contributed by atoms with Crippen molar-refractivity contribution >= 4 is 62.5 Å². The first-order valence-corrected chi connectivity index (χ1v) is 13.7. The summed E-state index contributed by atoms with van der Waals surface area (Å²) < 4.78 is 0.840. The normalized spacial score (nSPS) is 25.1. The summed E-state index contributed by atoms with van der Waals surface area (Å²) in [7, 11) is 0. The lowest BCUT2D eigenvalue weighted by atomic mass is 9.63. The third-order valence-corrected chi connectivity index (χ3v) is 8.78. The topological polar surface area (TPSA) is 66.5 Å². The number of rotatable bonds is 3. The molecule has 3 aromatic carbocycles. The number of benzene rings is 3. The Bertz CT molecular complexity index is 1540. The monoisotopic (exact) mass is 588 g/mol. The highest BCUT2D eigenvalue weighted by molar-refractivity contribution is 9.10. The predicted octanol–water partition coefficient (Wildman–Crippen LogP) is 6.69. The first-order chi connectivity index (χ1) is 18.0. The minimum absolute atomic E-state index is 0.0942. The molecule has 3 aliphatic heterocycles. The fourth-order valence-corrected chi connectivity index (χ4v) is 6.83. The largest absolute Gasteiger partial charge is 0.352 e. The Morgan fingerprint density at radius 3 is 2.45 bits per heavy atom. The average Bonchev–Trinajstić information content (AvgIpc) is 3.35. The van der Waals surface area contributed by atoms with E-state index in [1.54, 1.807) is 18.2 Å². The summed E-state index contributed by atoms with van der Waals surface area (Å²) in [5, 5.41) is 3.62. The van der Waals surface area contributed by atoms with Crippen molar-refractivity contribution in [1.29, 1.82) is 0 Å². The Kier molecular flexibility index (Phi) is 5.71. The van der Waals surface area contributed by atoms with Crippen LogP contribution in [-0.4, -0.2) is 29.6 Å². The lowest BCUT2D eigenvalue weighted by molar-refractivity contribution is -0.128. The quantitative estimate of drug-likeness (QED) is 0.346. The van der Waals surface area contributed by atoms with E-state index in [1.807, 2.05) is 86.4 Å². The van der Waals surface area contributed by atoms with Gasteiger partial charge in [-0.3, -0.25) is 14.4 Å². The number of hydrogen-bond acceptors (Lipinski definition) is 4. The molecule has 1 amide bonds. The number of ketones is 2. The van der Waals surface area contributed by atoms with Gasteiger partial charge < -0.3 is 10.2 Å². The van der Waals surface area contributed by atoms with Gasteiger partial charge >= 0.3 is 0 Å². The van der Waals surface area contributed by atoms with E-state index in [0.29, 0.717) is 16.3 Å². The molecule has 0 radical (unpaired) electrons. The standard InChI is InChI=1S/C31H26BrClN2O3/c1-30(2,3)28(37)26-25(27(36)17-8-11-19(32)12-9-17)31(21-6-4-5-7-22(21)34-29(31)38)24-15-10-18-16-20(33)13-14-23(18)35(24)26/h4-16,24-26H,1-3H3,(H,34,38). The molecule has 192 valence electrons. The zero-order valence-electron chi connectivity index (χ0n) is 21.2. The second-order valence-electron chi connectivity index (χ2n) is 11.2. The molecule has 3 heterocycles. The first kappa shape index (κ1) is 25.1. The highest BCUT2D eigenvalue weighted by Crippen LogP contribution is 2.58. The van der Waals surface area contributed by atoms with Gasteiger partial charge in [-0.1, -0.05) is 90.8 Å². The number of nitrogens with zero attached hydrogens (tertiary/aromatic N) is 1. The van der Waals surface area contributed by atoms with Crippen molar-refractivity contribution in [1.82, 2.24) is 0 Å². The Morgan fingerprint density at radius 1 is 1.03 bits per heavy atom. The molecule has 6 rings (SSSR count). The molecule has 7 heteroatoms. The van der Waals surface area contributed by atoms with Gasteiger partial charge in [-0.25, -0.2) is 0 Å². The number of hydrogen-bond donors (Lipinski definition) is 1. The zero-order valence-corrected chi connectivity index (χ0v) is 23.5. The fraction of sp³-hybridized carbons (Fsp3) is 0.258. The SMILES string of the molecule is CC(C)(C)C(=O)C1C(C(=O)c2ccc(Br)cc2)C2(C(=O)Nc3ccccc32)C2C=Cc3cc(Cl)ccc3N12. The molecule has 0 aromatic heterocycles. The molecular formula is C31H26BrClN2O3. The minimum atomic E-state index is -1.31. The van der Waals surface area contributed by atoms with Crippen molar-refractivity contribution in [3.05, 3.63) is 99.0 Å². The van der Waals surface area contributed by atoms with E-state index in [2.05, 4.69) is 21.2 Å². The molecule has 5 nitrogen and oxygen atoms in total. The van der Waals surface area contributed by atoms with E-state index in [0.717, 1.165) is 21.3 Å². The molecular weight excluding hydrogens is 564 g/mol. The number of anilines is 2. The van der Waals surface area contributed by atoms with Gasteiger partial charge in [-0.2, -0.15) is 0 Å². The van der Waals surface area contributed by atoms with E-state index in [-0.39, 0.29) is 17.5 Å². The molecule has 1 saturated heterocycles.